The van der Waals surface area contributed by atoms with Gasteiger partial charge in [0.25, 0.3) is 0 Å². The Kier molecular flexibility index (Phi) is 5.67. The van der Waals surface area contributed by atoms with Crippen LogP contribution in [0.1, 0.15) is 12.0 Å². The monoisotopic (exact) mass is 279 g/mol. The summed E-state index contributed by atoms with van der Waals surface area (Å²) in [6.45, 7) is 0. The lowest BCUT2D eigenvalue weighted by molar-refractivity contribution is -0.143. The van der Waals surface area contributed by atoms with Crippen LogP contribution in [-0.2, 0) is 20.8 Å². The Morgan fingerprint density at radius 2 is 1.80 bits per heavy atom. The van der Waals surface area contributed by atoms with E-state index in [9.17, 15) is 14.4 Å². The number of carboxylic acids is 1. The lowest BCUT2D eigenvalue weighted by atomic mass is 10.1. The summed E-state index contributed by atoms with van der Waals surface area (Å²) < 4.78 is 0. The number of benzene rings is 1. The minimum absolute atomic E-state index is 0.273. The molecule has 7 heteroatoms. The molecule has 6 N–H and O–H groups in total. The summed E-state index contributed by atoms with van der Waals surface area (Å²) in [5.41, 5.74) is 11.5. The summed E-state index contributed by atoms with van der Waals surface area (Å²) in [5.74, 6) is -2.78. The van der Waals surface area contributed by atoms with E-state index in [1.165, 1.54) is 0 Å². The van der Waals surface area contributed by atoms with Gasteiger partial charge in [0.1, 0.15) is 6.04 Å². The number of nitrogens with one attached hydrogen (secondary N) is 1. The molecule has 2 amide bonds. The second-order valence-corrected chi connectivity index (χ2v) is 4.37. The summed E-state index contributed by atoms with van der Waals surface area (Å²) in [4.78, 5) is 33.4. The summed E-state index contributed by atoms with van der Waals surface area (Å²) in [6, 6.07) is 6.83. The predicted octanol–water partition coefficient (Wildman–Crippen LogP) is -0.999. The molecule has 0 aliphatic heterocycles. The van der Waals surface area contributed by atoms with Crippen LogP contribution in [0.4, 0.5) is 0 Å². The highest BCUT2D eigenvalue weighted by atomic mass is 16.4. The maximum atomic E-state index is 11.8. The van der Waals surface area contributed by atoms with Crippen LogP contribution in [0.2, 0.25) is 0 Å². The van der Waals surface area contributed by atoms with Gasteiger partial charge in [-0.3, -0.25) is 9.59 Å². The fourth-order valence-corrected chi connectivity index (χ4v) is 1.64. The molecule has 108 valence electrons. The zero-order chi connectivity index (χ0) is 15.1. The Morgan fingerprint density at radius 1 is 1.20 bits per heavy atom. The third kappa shape index (κ3) is 5.07. The lowest BCUT2D eigenvalue weighted by Crippen LogP contribution is -2.50. The number of hydrogen-bond acceptors (Lipinski definition) is 4. The average Bonchev–Trinajstić information content (AvgIpc) is 2.38. The Labute approximate surface area is 115 Å². The van der Waals surface area contributed by atoms with Gasteiger partial charge < -0.3 is 21.9 Å². The van der Waals surface area contributed by atoms with Crippen molar-refractivity contribution in [1.82, 2.24) is 5.32 Å². The molecule has 0 spiro atoms. The second-order valence-electron chi connectivity index (χ2n) is 4.37. The predicted molar refractivity (Wildman–Crippen MR) is 71.5 cm³/mol. The minimum Gasteiger partial charge on any atom is -0.480 e. The number of hydrogen-bond donors (Lipinski definition) is 4. The van der Waals surface area contributed by atoms with Gasteiger partial charge in [-0.25, -0.2) is 4.79 Å². The SMILES string of the molecule is NC(=O)C[C@H](NC(=O)[C@H](N)Cc1ccccc1)C(=O)O. The van der Waals surface area contributed by atoms with E-state index in [1.54, 1.807) is 0 Å². The van der Waals surface area contributed by atoms with Crippen molar-refractivity contribution in [2.75, 3.05) is 0 Å². The zero-order valence-electron chi connectivity index (χ0n) is 10.8. The fraction of sp³-hybridized carbons (Fsp3) is 0.308. The molecular formula is C13H17N3O4. The molecule has 0 unspecified atom stereocenters. The van der Waals surface area contributed by atoms with E-state index in [4.69, 9.17) is 16.6 Å². The first-order valence-electron chi connectivity index (χ1n) is 6.01. The first-order chi connectivity index (χ1) is 9.40. The largest absolute Gasteiger partial charge is 0.480 e. The highest BCUT2D eigenvalue weighted by Gasteiger charge is 2.24. The minimum atomic E-state index is -1.36. The lowest BCUT2D eigenvalue weighted by Gasteiger charge is -2.16. The molecule has 0 aromatic heterocycles. The van der Waals surface area contributed by atoms with Crippen LogP contribution in [0.5, 0.6) is 0 Å². The fourth-order valence-electron chi connectivity index (χ4n) is 1.64. The molecule has 0 fully saturated rings. The molecule has 0 heterocycles. The van der Waals surface area contributed by atoms with Crippen molar-refractivity contribution < 1.29 is 19.5 Å². The molecule has 0 aliphatic rings. The number of carbonyl (C=O) groups is 3. The second kappa shape index (κ2) is 7.25. The number of aliphatic carboxylic acids is 1. The highest BCUT2D eigenvalue weighted by Crippen LogP contribution is 2.02. The van der Waals surface area contributed by atoms with Gasteiger partial charge in [-0.05, 0) is 12.0 Å². The van der Waals surface area contributed by atoms with Crippen LogP contribution < -0.4 is 16.8 Å². The molecule has 0 radical (unpaired) electrons. The van der Waals surface area contributed by atoms with E-state index >= 15 is 0 Å². The maximum Gasteiger partial charge on any atom is 0.326 e. The number of carbonyl (C=O) groups excluding carboxylic acids is 2. The summed E-state index contributed by atoms with van der Waals surface area (Å²) in [6.07, 6.45) is -0.200. The van der Waals surface area contributed by atoms with Crippen molar-refractivity contribution in [2.24, 2.45) is 11.5 Å². The number of primary amides is 1. The molecule has 0 aliphatic carbocycles. The van der Waals surface area contributed by atoms with Gasteiger partial charge in [0.05, 0.1) is 12.5 Å². The van der Waals surface area contributed by atoms with Crippen molar-refractivity contribution in [3.63, 3.8) is 0 Å². The molecule has 1 rings (SSSR count). The molecule has 2 atom stereocenters. The van der Waals surface area contributed by atoms with Gasteiger partial charge in [0.15, 0.2) is 0 Å². The molecule has 0 saturated heterocycles. The first kappa shape index (κ1) is 15.6. The van der Waals surface area contributed by atoms with Gasteiger partial charge in [0.2, 0.25) is 11.8 Å². The quantitative estimate of drug-likeness (QED) is 0.507. The smallest absolute Gasteiger partial charge is 0.326 e. The standard InChI is InChI=1S/C13H17N3O4/c14-9(6-8-4-2-1-3-5-8)12(18)16-10(13(19)20)7-11(15)17/h1-5,9-10H,6-7,14H2,(H2,15,17)(H,16,18)(H,19,20)/t9-,10+/m1/s1. The van der Waals surface area contributed by atoms with Crippen molar-refractivity contribution in [3.8, 4) is 0 Å². The number of rotatable bonds is 7. The van der Waals surface area contributed by atoms with E-state index in [1.807, 2.05) is 30.3 Å². The third-order valence-electron chi connectivity index (χ3n) is 2.66. The Morgan fingerprint density at radius 3 is 2.30 bits per heavy atom. The Hall–Kier alpha value is -2.41. The zero-order valence-corrected chi connectivity index (χ0v) is 10.8. The molecule has 20 heavy (non-hydrogen) atoms. The number of amides is 2. The first-order valence-corrected chi connectivity index (χ1v) is 6.01. The molecule has 7 nitrogen and oxygen atoms in total. The highest BCUT2D eigenvalue weighted by molar-refractivity contribution is 5.90. The summed E-state index contributed by atoms with van der Waals surface area (Å²) >= 11 is 0. The molecule has 0 saturated carbocycles. The van der Waals surface area contributed by atoms with Crippen molar-refractivity contribution in [2.45, 2.75) is 24.9 Å². The molecular weight excluding hydrogens is 262 g/mol. The normalized spacial score (nSPS) is 13.2. The van der Waals surface area contributed by atoms with E-state index < -0.39 is 36.3 Å². The van der Waals surface area contributed by atoms with E-state index in [0.29, 0.717) is 0 Å². The molecule has 0 bridgehead atoms. The van der Waals surface area contributed by atoms with Crippen molar-refractivity contribution >= 4 is 17.8 Å². The van der Waals surface area contributed by atoms with Gasteiger partial charge in [-0.2, -0.15) is 0 Å². The molecule has 1 aromatic rings. The Bertz CT molecular complexity index is 490. The van der Waals surface area contributed by atoms with Crippen LogP contribution in [0.3, 0.4) is 0 Å². The third-order valence-corrected chi connectivity index (χ3v) is 2.66. The van der Waals surface area contributed by atoms with Crippen molar-refractivity contribution in [1.29, 1.82) is 0 Å². The average molecular weight is 279 g/mol. The summed E-state index contributed by atoms with van der Waals surface area (Å²) in [5, 5.41) is 11.1. The van der Waals surface area contributed by atoms with Crippen LogP contribution in [0.15, 0.2) is 30.3 Å². The number of carboxylic acid groups (broad SMARTS) is 1. The van der Waals surface area contributed by atoms with Crippen LogP contribution in [0, 0.1) is 0 Å². The van der Waals surface area contributed by atoms with Crippen LogP contribution >= 0.6 is 0 Å². The Balaban J connectivity index is 2.59. The number of nitrogens with two attached hydrogens (primary N) is 2. The van der Waals surface area contributed by atoms with Gasteiger partial charge >= 0.3 is 5.97 Å². The van der Waals surface area contributed by atoms with Crippen LogP contribution in [0.25, 0.3) is 0 Å². The van der Waals surface area contributed by atoms with E-state index in [-0.39, 0.29) is 6.42 Å². The van der Waals surface area contributed by atoms with Crippen LogP contribution in [-0.4, -0.2) is 35.0 Å². The van der Waals surface area contributed by atoms with Crippen molar-refractivity contribution in [3.05, 3.63) is 35.9 Å². The van der Waals surface area contributed by atoms with Gasteiger partial charge in [-0.15, -0.1) is 0 Å². The van der Waals surface area contributed by atoms with E-state index in [0.717, 1.165) is 5.56 Å². The molecule has 1 aromatic carbocycles. The van der Waals surface area contributed by atoms with E-state index in [2.05, 4.69) is 5.32 Å². The maximum absolute atomic E-state index is 11.8. The summed E-state index contributed by atoms with van der Waals surface area (Å²) in [7, 11) is 0. The topological polar surface area (TPSA) is 136 Å². The van der Waals surface area contributed by atoms with Gasteiger partial charge in [-0.1, -0.05) is 30.3 Å². The van der Waals surface area contributed by atoms with Gasteiger partial charge in [0, 0.05) is 0 Å².